The van der Waals surface area contributed by atoms with Crippen LogP contribution < -0.4 is 10.1 Å². The van der Waals surface area contributed by atoms with Gasteiger partial charge >= 0.3 is 0 Å². The van der Waals surface area contributed by atoms with Crippen molar-refractivity contribution in [3.05, 3.63) is 102 Å². The lowest BCUT2D eigenvalue weighted by Gasteiger charge is -2.22. The molecule has 4 heteroatoms. The number of hydrogen-bond acceptors (Lipinski definition) is 3. The predicted octanol–water partition coefficient (Wildman–Crippen LogP) is 4.23. The summed E-state index contributed by atoms with van der Waals surface area (Å²) in [5.41, 5.74) is 3.46. The number of nitrogens with zero attached hydrogens (tertiary/aromatic N) is 1. The minimum Gasteiger partial charge on any atom is -0.497 e. The van der Waals surface area contributed by atoms with Crippen LogP contribution in [0.15, 0.2) is 84.9 Å². The molecule has 0 aliphatic heterocycles. The van der Waals surface area contributed by atoms with Crippen molar-refractivity contribution in [3.63, 3.8) is 0 Å². The van der Waals surface area contributed by atoms with Gasteiger partial charge in [0.1, 0.15) is 5.75 Å². The smallest absolute Gasteiger partial charge is 0.234 e. The summed E-state index contributed by atoms with van der Waals surface area (Å²) in [5.74, 6) is 0.853. The van der Waals surface area contributed by atoms with Crippen molar-refractivity contribution in [2.24, 2.45) is 0 Å². The van der Waals surface area contributed by atoms with Gasteiger partial charge in [0.05, 0.1) is 19.7 Å². The van der Waals surface area contributed by atoms with E-state index < -0.39 is 0 Å². The molecule has 0 spiro atoms. The minimum absolute atomic E-state index is 0.0193. The number of carbonyl (C=O) groups excluding carboxylic acids is 1. The first-order valence-corrected chi connectivity index (χ1v) is 9.84. The van der Waals surface area contributed by atoms with Crippen LogP contribution in [0.1, 0.15) is 22.7 Å². The molecule has 3 aromatic rings. The summed E-state index contributed by atoms with van der Waals surface area (Å²) in [6.45, 7) is 1.04. The maximum atomic E-state index is 12.7. The zero-order chi connectivity index (χ0) is 20.5. The molecule has 1 N–H and O–H groups in total. The van der Waals surface area contributed by atoms with Gasteiger partial charge in [0, 0.05) is 6.54 Å². The highest BCUT2D eigenvalue weighted by molar-refractivity contribution is 5.78. The zero-order valence-corrected chi connectivity index (χ0v) is 17.0. The SMILES string of the molecule is COc1ccc(CN(C)CC(=O)NC(Cc2ccccc2)c2ccccc2)cc1. The molecule has 150 valence electrons. The first kappa shape index (κ1) is 20.6. The molecule has 0 heterocycles. The van der Waals surface area contributed by atoms with Gasteiger partial charge < -0.3 is 10.1 Å². The van der Waals surface area contributed by atoms with E-state index in [9.17, 15) is 4.79 Å². The zero-order valence-electron chi connectivity index (χ0n) is 17.0. The molecule has 0 aliphatic carbocycles. The Balaban J connectivity index is 1.61. The third kappa shape index (κ3) is 6.47. The van der Waals surface area contributed by atoms with Crippen LogP contribution >= 0.6 is 0 Å². The average Bonchev–Trinajstić information content (AvgIpc) is 2.75. The number of nitrogens with one attached hydrogen (secondary N) is 1. The topological polar surface area (TPSA) is 41.6 Å². The molecule has 1 atom stereocenters. The highest BCUT2D eigenvalue weighted by Crippen LogP contribution is 2.18. The Morgan fingerprint density at radius 2 is 1.52 bits per heavy atom. The number of amides is 1. The van der Waals surface area contributed by atoms with Gasteiger partial charge in [-0.3, -0.25) is 9.69 Å². The summed E-state index contributed by atoms with van der Waals surface area (Å²) in [5, 5.41) is 3.22. The Bertz CT molecular complexity index is 880. The lowest BCUT2D eigenvalue weighted by Crippen LogP contribution is -2.37. The summed E-state index contributed by atoms with van der Waals surface area (Å²) >= 11 is 0. The first-order valence-electron chi connectivity index (χ1n) is 9.84. The van der Waals surface area contributed by atoms with Gasteiger partial charge in [-0.15, -0.1) is 0 Å². The van der Waals surface area contributed by atoms with Crippen molar-refractivity contribution >= 4 is 5.91 Å². The molecule has 4 nitrogen and oxygen atoms in total. The van der Waals surface area contributed by atoms with E-state index in [4.69, 9.17) is 4.74 Å². The molecular weight excluding hydrogens is 360 g/mol. The van der Waals surface area contributed by atoms with Gasteiger partial charge in [-0.2, -0.15) is 0 Å². The first-order chi connectivity index (χ1) is 14.1. The summed E-state index contributed by atoms with van der Waals surface area (Å²) in [6.07, 6.45) is 0.763. The van der Waals surface area contributed by atoms with Crippen molar-refractivity contribution < 1.29 is 9.53 Å². The van der Waals surface area contributed by atoms with Crippen LogP contribution in [0.2, 0.25) is 0 Å². The molecule has 0 fully saturated rings. The van der Waals surface area contributed by atoms with E-state index in [1.165, 1.54) is 5.56 Å². The van der Waals surface area contributed by atoms with Crippen molar-refractivity contribution in [2.45, 2.75) is 19.0 Å². The second kappa shape index (κ2) is 10.4. The molecule has 0 aromatic heterocycles. The number of rotatable bonds is 9. The van der Waals surface area contributed by atoms with Crippen LogP contribution in [-0.2, 0) is 17.8 Å². The largest absolute Gasteiger partial charge is 0.497 e. The van der Waals surface area contributed by atoms with E-state index in [1.807, 2.05) is 72.6 Å². The molecular formula is C25H28N2O2. The molecule has 1 unspecified atom stereocenters. The molecule has 0 aliphatic rings. The van der Waals surface area contributed by atoms with E-state index in [1.54, 1.807) is 7.11 Å². The standard InChI is InChI=1S/C25H28N2O2/c1-27(18-21-13-15-23(29-2)16-14-21)19-25(28)26-24(22-11-7-4-8-12-22)17-20-9-5-3-6-10-20/h3-16,24H,17-19H2,1-2H3,(H,26,28). The van der Waals surface area contributed by atoms with Crippen LogP contribution in [0.3, 0.4) is 0 Å². The van der Waals surface area contributed by atoms with Gasteiger partial charge in [0.25, 0.3) is 0 Å². The normalized spacial score (nSPS) is 11.8. The van der Waals surface area contributed by atoms with E-state index in [0.29, 0.717) is 13.1 Å². The molecule has 3 aromatic carbocycles. The minimum atomic E-state index is -0.0551. The lowest BCUT2D eigenvalue weighted by molar-refractivity contribution is -0.122. The number of ether oxygens (including phenoxy) is 1. The average molecular weight is 389 g/mol. The van der Waals surface area contributed by atoms with Gasteiger partial charge in [-0.25, -0.2) is 0 Å². The number of carbonyl (C=O) groups is 1. The Morgan fingerprint density at radius 3 is 2.14 bits per heavy atom. The van der Waals surface area contributed by atoms with Gasteiger partial charge in [-0.1, -0.05) is 72.8 Å². The summed E-state index contributed by atoms with van der Waals surface area (Å²) in [7, 11) is 3.61. The van der Waals surface area contributed by atoms with Crippen molar-refractivity contribution in [1.29, 1.82) is 0 Å². The van der Waals surface area contributed by atoms with Gasteiger partial charge in [-0.05, 0) is 42.3 Å². The highest BCUT2D eigenvalue weighted by Gasteiger charge is 2.16. The molecule has 0 saturated carbocycles. The number of likely N-dealkylation sites (N-methyl/N-ethyl adjacent to an activating group) is 1. The van der Waals surface area contributed by atoms with Crippen LogP contribution in [0.4, 0.5) is 0 Å². The second-order valence-electron chi connectivity index (χ2n) is 7.24. The number of hydrogen-bond donors (Lipinski definition) is 1. The Morgan fingerprint density at radius 1 is 0.897 bits per heavy atom. The highest BCUT2D eigenvalue weighted by atomic mass is 16.5. The Hall–Kier alpha value is -3.11. The van der Waals surface area contributed by atoms with Crippen molar-refractivity contribution in [2.75, 3.05) is 20.7 Å². The number of benzene rings is 3. The predicted molar refractivity (Wildman–Crippen MR) is 117 cm³/mol. The lowest BCUT2D eigenvalue weighted by atomic mass is 9.99. The van der Waals surface area contributed by atoms with Gasteiger partial charge in [0.15, 0.2) is 0 Å². The van der Waals surface area contributed by atoms with Crippen molar-refractivity contribution in [3.8, 4) is 5.75 Å². The molecule has 1 amide bonds. The maximum absolute atomic E-state index is 12.7. The second-order valence-corrected chi connectivity index (χ2v) is 7.24. The van der Waals surface area contributed by atoms with Crippen molar-refractivity contribution in [1.82, 2.24) is 10.2 Å². The number of methoxy groups -OCH3 is 1. The molecule has 29 heavy (non-hydrogen) atoms. The van der Waals surface area contributed by atoms with E-state index in [-0.39, 0.29) is 11.9 Å². The molecule has 0 saturated heterocycles. The van der Waals surface area contributed by atoms with Crippen LogP contribution in [0.5, 0.6) is 5.75 Å². The van der Waals surface area contributed by atoms with Gasteiger partial charge in [0.2, 0.25) is 5.91 Å². The fraction of sp³-hybridized carbons (Fsp3) is 0.240. The molecule has 0 radical (unpaired) electrons. The van der Waals surface area contributed by atoms with Crippen LogP contribution in [0.25, 0.3) is 0 Å². The maximum Gasteiger partial charge on any atom is 0.234 e. The van der Waals surface area contributed by atoms with E-state index in [2.05, 4.69) is 29.6 Å². The van der Waals surface area contributed by atoms with E-state index >= 15 is 0 Å². The third-order valence-corrected chi connectivity index (χ3v) is 4.84. The monoisotopic (exact) mass is 388 g/mol. The summed E-state index contributed by atoms with van der Waals surface area (Å²) in [6, 6.07) is 28.3. The summed E-state index contributed by atoms with van der Waals surface area (Å²) in [4.78, 5) is 14.8. The Labute approximate surface area is 173 Å². The molecule has 3 rings (SSSR count). The van der Waals surface area contributed by atoms with E-state index in [0.717, 1.165) is 23.3 Å². The Kier molecular flexibility index (Phi) is 7.42. The fourth-order valence-electron chi connectivity index (χ4n) is 3.37. The quantitative estimate of drug-likeness (QED) is 0.597. The third-order valence-electron chi connectivity index (χ3n) is 4.84. The van der Waals surface area contributed by atoms with Crippen LogP contribution in [-0.4, -0.2) is 31.5 Å². The van der Waals surface area contributed by atoms with Crippen LogP contribution in [0, 0.1) is 0 Å². The summed E-state index contributed by atoms with van der Waals surface area (Å²) < 4.78 is 5.20. The fourth-order valence-corrected chi connectivity index (χ4v) is 3.37. The molecule has 0 bridgehead atoms.